The summed E-state index contributed by atoms with van der Waals surface area (Å²) in [6.45, 7) is 3.70. The Labute approximate surface area is 213 Å². The van der Waals surface area contributed by atoms with Crippen LogP contribution < -0.4 is 10.6 Å². The van der Waals surface area contributed by atoms with Gasteiger partial charge in [0, 0.05) is 43.8 Å². The Bertz CT molecular complexity index is 1400. The van der Waals surface area contributed by atoms with Gasteiger partial charge in [-0.15, -0.1) is 0 Å². The van der Waals surface area contributed by atoms with Crippen molar-refractivity contribution in [3.8, 4) is 0 Å². The SMILES string of the molecule is Cc1cc(NC(=O)NCCN2CCC(N(C)S(=O)(=O)c3cccc(C(F)(F)F)c3)C2)c2ccccc2n1. The van der Waals surface area contributed by atoms with E-state index in [-0.39, 0.29) is 17.0 Å². The van der Waals surface area contributed by atoms with Gasteiger partial charge in [0.15, 0.2) is 0 Å². The minimum atomic E-state index is -4.63. The number of benzene rings is 2. The summed E-state index contributed by atoms with van der Waals surface area (Å²) in [5.74, 6) is 0. The van der Waals surface area contributed by atoms with Crippen molar-refractivity contribution in [1.82, 2.24) is 19.5 Å². The van der Waals surface area contributed by atoms with Crippen LogP contribution in [-0.4, -0.2) is 67.9 Å². The van der Waals surface area contributed by atoms with E-state index < -0.39 is 21.8 Å². The van der Waals surface area contributed by atoms with Crippen molar-refractivity contribution in [3.63, 3.8) is 0 Å². The van der Waals surface area contributed by atoms with Gasteiger partial charge in [-0.25, -0.2) is 13.2 Å². The number of rotatable bonds is 7. The number of anilines is 1. The van der Waals surface area contributed by atoms with E-state index in [1.807, 2.05) is 36.1 Å². The molecule has 0 radical (unpaired) electrons. The van der Waals surface area contributed by atoms with E-state index in [4.69, 9.17) is 0 Å². The van der Waals surface area contributed by atoms with Crippen LogP contribution in [0.4, 0.5) is 23.7 Å². The van der Waals surface area contributed by atoms with E-state index in [0.717, 1.165) is 33.0 Å². The van der Waals surface area contributed by atoms with Gasteiger partial charge in [0.05, 0.1) is 21.7 Å². The molecule has 1 fully saturated rings. The number of nitrogens with zero attached hydrogens (tertiary/aromatic N) is 3. The summed E-state index contributed by atoms with van der Waals surface area (Å²) < 4.78 is 66.2. The number of aryl methyl sites for hydroxylation is 1. The fourth-order valence-corrected chi connectivity index (χ4v) is 5.84. The number of carbonyl (C=O) groups excluding carboxylic acids is 1. The molecule has 2 amide bonds. The van der Waals surface area contributed by atoms with Crippen molar-refractivity contribution in [3.05, 3.63) is 65.9 Å². The highest BCUT2D eigenvalue weighted by molar-refractivity contribution is 7.89. The quantitative estimate of drug-likeness (QED) is 0.476. The summed E-state index contributed by atoms with van der Waals surface area (Å²) in [5.41, 5.74) is 1.21. The molecule has 0 saturated carbocycles. The highest BCUT2D eigenvalue weighted by Gasteiger charge is 2.35. The lowest BCUT2D eigenvalue weighted by molar-refractivity contribution is -0.137. The number of likely N-dealkylation sites (N-methyl/N-ethyl adjacent to an activating group) is 1. The Morgan fingerprint density at radius 1 is 1.16 bits per heavy atom. The number of nitrogens with one attached hydrogen (secondary N) is 2. The molecule has 12 heteroatoms. The molecule has 1 aliphatic heterocycles. The second-order valence-corrected chi connectivity index (χ2v) is 11.0. The molecule has 1 unspecified atom stereocenters. The summed E-state index contributed by atoms with van der Waals surface area (Å²) in [6, 6.07) is 12.3. The Balaban J connectivity index is 1.30. The molecule has 4 rings (SSSR count). The maximum atomic E-state index is 13.0. The molecule has 2 heterocycles. The van der Waals surface area contributed by atoms with Gasteiger partial charge in [-0.2, -0.15) is 17.5 Å². The normalized spacial score (nSPS) is 16.9. The van der Waals surface area contributed by atoms with Gasteiger partial charge in [0.1, 0.15) is 0 Å². The highest BCUT2D eigenvalue weighted by Crippen LogP contribution is 2.31. The Morgan fingerprint density at radius 3 is 2.68 bits per heavy atom. The van der Waals surface area contributed by atoms with Gasteiger partial charge in [-0.05, 0) is 50.2 Å². The average Bonchev–Trinajstić information content (AvgIpc) is 3.31. The number of carbonyl (C=O) groups is 1. The average molecular weight is 536 g/mol. The van der Waals surface area contributed by atoms with E-state index in [0.29, 0.717) is 44.4 Å². The third-order valence-corrected chi connectivity index (χ3v) is 8.31. The molecular weight excluding hydrogens is 507 g/mol. The molecule has 1 aliphatic rings. The molecule has 0 aliphatic carbocycles. The van der Waals surface area contributed by atoms with E-state index >= 15 is 0 Å². The lowest BCUT2D eigenvalue weighted by atomic mass is 10.1. The number of para-hydroxylation sites is 1. The van der Waals surface area contributed by atoms with Gasteiger partial charge >= 0.3 is 12.2 Å². The second kappa shape index (κ2) is 10.6. The van der Waals surface area contributed by atoms with Crippen LogP contribution in [-0.2, 0) is 16.2 Å². The van der Waals surface area contributed by atoms with Gasteiger partial charge in [-0.1, -0.05) is 24.3 Å². The van der Waals surface area contributed by atoms with Crippen molar-refractivity contribution in [1.29, 1.82) is 0 Å². The van der Waals surface area contributed by atoms with Crippen molar-refractivity contribution in [2.24, 2.45) is 0 Å². The van der Waals surface area contributed by atoms with Crippen molar-refractivity contribution >= 4 is 32.6 Å². The number of sulfonamides is 1. The van der Waals surface area contributed by atoms with E-state index in [1.165, 1.54) is 13.1 Å². The zero-order chi connectivity index (χ0) is 26.8. The third-order valence-electron chi connectivity index (χ3n) is 6.41. The molecular formula is C25H28F3N5O3S. The summed E-state index contributed by atoms with van der Waals surface area (Å²) in [7, 11) is -2.71. The zero-order valence-electron chi connectivity index (χ0n) is 20.4. The number of hydrogen-bond acceptors (Lipinski definition) is 5. The summed E-state index contributed by atoms with van der Waals surface area (Å²) in [4.78, 5) is 18.5. The molecule has 2 N–H and O–H groups in total. The van der Waals surface area contributed by atoms with Crippen LogP contribution in [0.2, 0.25) is 0 Å². The van der Waals surface area contributed by atoms with Gasteiger partial charge in [-0.3, -0.25) is 9.88 Å². The van der Waals surface area contributed by atoms with Crippen molar-refractivity contribution < 1.29 is 26.4 Å². The Morgan fingerprint density at radius 2 is 1.92 bits per heavy atom. The predicted octanol–water partition coefficient (Wildman–Crippen LogP) is 4.08. The Hall–Kier alpha value is -3.22. The maximum absolute atomic E-state index is 13.0. The van der Waals surface area contributed by atoms with E-state index in [9.17, 15) is 26.4 Å². The lowest BCUT2D eigenvalue weighted by Crippen LogP contribution is -2.40. The van der Waals surface area contributed by atoms with Crippen LogP contribution in [0.3, 0.4) is 0 Å². The smallest absolute Gasteiger partial charge is 0.337 e. The maximum Gasteiger partial charge on any atom is 0.416 e. The predicted molar refractivity (Wildman–Crippen MR) is 135 cm³/mol. The van der Waals surface area contributed by atoms with Gasteiger partial charge < -0.3 is 10.6 Å². The fourth-order valence-electron chi connectivity index (χ4n) is 4.41. The van der Waals surface area contributed by atoms with Gasteiger partial charge in [0.25, 0.3) is 0 Å². The molecule has 37 heavy (non-hydrogen) atoms. The van der Waals surface area contributed by atoms with Crippen molar-refractivity contribution in [2.45, 2.75) is 30.5 Å². The number of amides is 2. The van der Waals surface area contributed by atoms with Crippen LogP contribution >= 0.6 is 0 Å². The van der Waals surface area contributed by atoms with Crippen LogP contribution in [0.5, 0.6) is 0 Å². The molecule has 2 aromatic carbocycles. The minimum absolute atomic E-state index is 0.338. The van der Waals surface area contributed by atoms with Gasteiger partial charge in [0.2, 0.25) is 10.0 Å². The standard InChI is InChI=1S/C25H28F3N5O3S/c1-17-14-23(21-8-3-4-9-22(21)30-17)31-24(34)29-11-13-33-12-10-19(16-33)32(2)37(35,36)20-7-5-6-18(15-20)25(26,27)28/h3-9,14-15,19H,10-13,16H2,1-2H3,(H2,29,30,31,34). The van der Waals surface area contributed by atoms with Crippen molar-refractivity contribution in [2.75, 3.05) is 38.5 Å². The number of alkyl halides is 3. The zero-order valence-corrected chi connectivity index (χ0v) is 21.2. The first kappa shape index (κ1) is 26.8. The van der Waals surface area contributed by atoms with Crippen LogP contribution in [0.25, 0.3) is 10.9 Å². The molecule has 0 spiro atoms. The number of halogens is 3. The fraction of sp³-hybridized carbons (Fsp3) is 0.360. The molecule has 1 saturated heterocycles. The first-order valence-corrected chi connectivity index (χ1v) is 13.2. The molecule has 8 nitrogen and oxygen atoms in total. The second-order valence-electron chi connectivity index (χ2n) is 9.00. The highest BCUT2D eigenvalue weighted by atomic mass is 32.2. The summed E-state index contributed by atoms with van der Waals surface area (Å²) in [5, 5.41) is 6.50. The van der Waals surface area contributed by atoms with E-state index in [1.54, 1.807) is 6.07 Å². The van der Waals surface area contributed by atoms with E-state index in [2.05, 4.69) is 15.6 Å². The summed E-state index contributed by atoms with van der Waals surface area (Å²) >= 11 is 0. The van der Waals surface area contributed by atoms with Crippen LogP contribution in [0.15, 0.2) is 59.5 Å². The number of fused-ring (bicyclic) bond motifs is 1. The molecule has 1 aromatic heterocycles. The first-order chi connectivity index (χ1) is 17.4. The molecule has 0 bridgehead atoms. The Kier molecular flexibility index (Phi) is 7.72. The first-order valence-electron chi connectivity index (χ1n) is 11.7. The summed E-state index contributed by atoms with van der Waals surface area (Å²) in [6.07, 6.45) is -4.10. The van der Waals surface area contributed by atoms with Crippen LogP contribution in [0, 0.1) is 6.92 Å². The number of aromatic nitrogens is 1. The molecule has 198 valence electrons. The third kappa shape index (κ3) is 6.20. The number of likely N-dealkylation sites (tertiary alicyclic amines) is 1. The minimum Gasteiger partial charge on any atom is -0.337 e. The van der Waals surface area contributed by atoms with Crippen LogP contribution in [0.1, 0.15) is 17.7 Å². The number of urea groups is 1. The monoisotopic (exact) mass is 535 g/mol. The molecule has 1 atom stereocenters. The largest absolute Gasteiger partial charge is 0.416 e. The number of pyridine rings is 1. The number of hydrogen-bond donors (Lipinski definition) is 2. The topological polar surface area (TPSA) is 94.6 Å². The lowest BCUT2D eigenvalue weighted by Gasteiger charge is -2.25. The molecule has 3 aromatic rings.